The Morgan fingerprint density at radius 1 is 1.43 bits per heavy atom. The lowest BCUT2D eigenvalue weighted by Gasteiger charge is -2.25. The van der Waals surface area contributed by atoms with Gasteiger partial charge in [0.25, 0.3) is 0 Å². The van der Waals surface area contributed by atoms with E-state index >= 15 is 0 Å². The van der Waals surface area contributed by atoms with E-state index in [1.165, 1.54) is 13.2 Å². The molecule has 0 spiro atoms. The van der Waals surface area contributed by atoms with Crippen molar-refractivity contribution >= 4 is 0 Å². The van der Waals surface area contributed by atoms with Crippen LogP contribution in [-0.4, -0.2) is 28.4 Å². The van der Waals surface area contributed by atoms with Crippen LogP contribution in [0, 0.1) is 5.82 Å². The van der Waals surface area contributed by atoms with Crippen molar-refractivity contribution in [3.05, 3.63) is 29.8 Å². The van der Waals surface area contributed by atoms with Gasteiger partial charge in [-0.3, -0.25) is 0 Å². The van der Waals surface area contributed by atoms with E-state index in [1.807, 2.05) is 4.57 Å². The van der Waals surface area contributed by atoms with Crippen LogP contribution in [0.1, 0.15) is 31.6 Å². The van der Waals surface area contributed by atoms with Crippen molar-refractivity contribution in [1.29, 1.82) is 0 Å². The number of benzene rings is 1. The molecular formula is C15H19FN4O. The predicted octanol–water partition coefficient (Wildman–Crippen LogP) is 2.54. The third-order valence-corrected chi connectivity index (χ3v) is 3.81. The van der Waals surface area contributed by atoms with Gasteiger partial charge < -0.3 is 14.6 Å². The molecule has 2 aromatic rings. The third-order valence-electron chi connectivity index (χ3n) is 3.81. The van der Waals surface area contributed by atoms with Crippen LogP contribution >= 0.6 is 0 Å². The first-order valence-corrected chi connectivity index (χ1v) is 7.25. The first kappa shape index (κ1) is 14.0. The van der Waals surface area contributed by atoms with E-state index in [-0.39, 0.29) is 11.9 Å². The number of fused-ring (bicyclic) bond motifs is 1. The summed E-state index contributed by atoms with van der Waals surface area (Å²) < 4.78 is 21.5. The van der Waals surface area contributed by atoms with Crippen LogP contribution < -0.4 is 10.1 Å². The van der Waals surface area contributed by atoms with E-state index in [2.05, 4.69) is 22.4 Å². The van der Waals surface area contributed by atoms with E-state index < -0.39 is 0 Å². The minimum absolute atomic E-state index is 0.183. The van der Waals surface area contributed by atoms with Gasteiger partial charge in [-0.2, -0.15) is 0 Å². The summed E-state index contributed by atoms with van der Waals surface area (Å²) in [5.41, 5.74) is 0.385. The van der Waals surface area contributed by atoms with Crippen LogP contribution in [0.4, 0.5) is 4.39 Å². The number of methoxy groups -OCH3 is 1. The first-order chi connectivity index (χ1) is 10.3. The van der Waals surface area contributed by atoms with Crippen molar-refractivity contribution in [3.63, 3.8) is 0 Å². The van der Waals surface area contributed by atoms with Gasteiger partial charge in [0.1, 0.15) is 11.6 Å². The summed E-state index contributed by atoms with van der Waals surface area (Å²) in [6.07, 6.45) is 2.05. The second-order valence-electron chi connectivity index (χ2n) is 5.15. The number of rotatable bonds is 4. The molecule has 0 bridgehead atoms. The highest BCUT2D eigenvalue weighted by Crippen LogP contribution is 2.33. The topological polar surface area (TPSA) is 52.0 Å². The number of aromatic nitrogens is 3. The second-order valence-corrected chi connectivity index (χ2v) is 5.15. The summed E-state index contributed by atoms with van der Waals surface area (Å²) in [7, 11) is 1.53. The predicted molar refractivity (Wildman–Crippen MR) is 77.6 cm³/mol. The van der Waals surface area contributed by atoms with Gasteiger partial charge in [-0.05, 0) is 18.6 Å². The van der Waals surface area contributed by atoms with Gasteiger partial charge in [0.2, 0.25) is 0 Å². The largest absolute Gasteiger partial charge is 0.496 e. The minimum atomic E-state index is -0.338. The molecule has 1 aliphatic heterocycles. The maximum atomic E-state index is 14.2. The maximum absolute atomic E-state index is 14.2. The second kappa shape index (κ2) is 5.81. The summed E-state index contributed by atoms with van der Waals surface area (Å²) in [4.78, 5) is 0. The smallest absolute Gasteiger partial charge is 0.170 e. The van der Waals surface area contributed by atoms with E-state index in [4.69, 9.17) is 4.74 Å². The van der Waals surface area contributed by atoms with Crippen molar-refractivity contribution in [2.24, 2.45) is 0 Å². The van der Waals surface area contributed by atoms with Gasteiger partial charge in [-0.1, -0.05) is 19.4 Å². The molecule has 1 unspecified atom stereocenters. The van der Waals surface area contributed by atoms with Crippen LogP contribution in [-0.2, 0) is 6.54 Å². The SMILES string of the molecule is CCCC1NCCn2c(-c3c(F)cccc3OC)nnc21. The van der Waals surface area contributed by atoms with E-state index in [0.717, 1.165) is 31.8 Å². The fourth-order valence-corrected chi connectivity index (χ4v) is 2.83. The molecule has 112 valence electrons. The van der Waals surface area contributed by atoms with E-state index in [0.29, 0.717) is 17.1 Å². The molecule has 1 N–H and O–H groups in total. The standard InChI is InChI=1S/C15H19FN4O/c1-3-5-11-14-18-19-15(20(14)9-8-17-11)13-10(16)6-4-7-12(13)21-2/h4,6-7,11,17H,3,5,8-9H2,1-2H3. The number of hydrogen-bond acceptors (Lipinski definition) is 4. The number of ether oxygens (including phenoxy) is 1. The van der Waals surface area contributed by atoms with Gasteiger partial charge in [-0.15, -0.1) is 10.2 Å². The van der Waals surface area contributed by atoms with E-state index in [9.17, 15) is 4.39 Å². The number of nitrogens with zero attached hydrogens (tertiary/aromatic N) is 3. The summed E-state index contributed by atoms with van der Waals surface area (Å²) in [5.74, 6) is 1.57. The summed E-state index contributed by atoms with van der Waals surface area (Å²) in [5, 5.41) is 11.9. The molecule has 6 heteroatoms. The average Bonchev–Trinajstić information content (AvgIpc) is 2.92. The number of hydrogen-bond donors (Lipinski definition) is 1. The van der Waals surface area contributed by atoms with Crippen molar-refractivity contribution in [2.75, 3.05) is 13.7 Å². The van der Waals surface area contributed by atoms with Crippen molar-refractivity contribution < 1.29 is 9.13 Å². The van der Waals surface area contributed by atoms with Gasteiger partial charge in [-0.25, -0.2) is 4.39 Å². The van der Waals surface area contributed by atoms with Crippen LogP contribution in [0.5, 0.6) is 5.75 Å². The maximum Gasteiger partial charge on any atom is 0.170 e. The van der Waals surface area contributed by atoms with Crippen LogP contribution in [0.25, 0.3) is 11.4 Å². The molecule has 21 heavy (non-hydrogen) atoms. The highest BCUT2D eigenvalue weighted by molar-refractivity contribution is 5.65. The Bertz CT molecular complexity index is 641. The molecule has 1 aliphatic rings. The first-order valence-electron chi connectivity index (χ1n) is 7.25. The van der Waals surface area contributed by atoms with Crippen molar-refractivity contribution in [3.8, 4) is 17.1 Å². The van der Waals surface area contributed by atoms with Crippen LogP contribution in [0.3, 0.4) is 0 Å². The molecule has 0 saturated heterocycles. The fraction of sp³-hybridized carbons (Fsp3) is 0.467. The molecule has 0 amide bonds. The molecule has 3 rings (SSSR count). The Hall–Kier alpha value is -1.95. The Labute approximate surface area is 123 Å². The lowest BCUT2D eigenvalue weighted by atomic mass is 10.1. The zero-order valence-electron chi connectivity index (χ0n) is 12.3. The highest BCUT2D eigenvalue weighted by Gasteiger charge is 2.27. The summed E-state index contributed by atoms with van der Waals surface area (Å²) >= 11 is 0. The lowest BCUT2D eigenvalue weighted by Crippen LogP contribution is -2.33. The molecule has 0 saturated carbocycles. The monoisotopic (exact) mass is 290 g/mol. The Morgan fingerprint density at radius 3 is 3.05 bits per heavy atom. The molecule has 0 aliphatic carbocycles. The minimum Gasteiger partial charge on any atom is -0.496 e. The van der Waals surface area contributed by atoms with Crippen LogP contribution in [0.15, 0.2) is 18.2 Å². The zero-order valence-corrected chi connectivity index (χ0v) is 12.3. The molecule has 0 radical (unpaired) electrons. The van der Waals surface area contributed by atoms with Gasteiger partial charge in [0, 0.05) is 13.1 Å². The summed E-state index contributed by atoms with van der Waals surface area (Å²) in [6, 6.07) is 4.98. The molecular weight excluding hydrogens is 271 g/mol. The van der Waals surface area contributed by atoms with Gasteiger partial charge >= 0.3 is 0 Å². The van der Waals surface area contributed by atoms with Gasteiger partial charge in [0.05, 0.1) is 18.7 Å². The van der Waals surface area contributed by atoms with E-state index in [1.54, 1.807) is 12.1 Å². The lowest BCUT2D eigenvalue weighted by molar-refractivity contribution is 0.392. The highest BCUT2D eigenvalue weighted by atomic mass is 19.1. The van der Waals surface area contributed by atoms with Crippen LogP contribution in [0.2, 0.25) is 0 Å². The summed E-state index contributed by atoms with van der Waals surface area (Å²) in [6.45, 7) is 3.70. The Balaban J connectivity index is 2.10. The Morgan fingerprint density at radius 2 is 2.29 bits per heavy atom. The Kier molecular flexibility index (Phi) is 3.88. The average molecular weight is 290 g/mol. The van der Waals surface area contributed by atoms with Gasteiger partial charge in [0.15, 0.2) is 11.6 Å². The molecule has 1 atom stereocenters. The molecule has 2 heterocycles. The molecule has 1 aromatic carbocycles. The number of halogens is 1. The van der Waals surface area contributed by atoms with Crippen molar-refractivity contribution in [1.82, 2.24) is 20.1 Å². The fourth-order valence-electron chi connectivity index (χ4n) is 2.83. The molecule has 0 fully saturated rings. The third kappa shape index (κ3) is 2.40. The zero-order chi connectivity index (χ0) is 14.8. The van der Waals surface area contributed by atoms with Crippen molar-refractivity contribution in [2.45, 2.75) is 32.4 Å². The normalized spacial score (nSPS) is 17.6. The molecule has 5 nitrogen and oxygen atoms in total. The number of nitrogens with one attached hydrogen (secondary N) is 1. The quantitative estimate of drug-likeness (QED) is 0.940. The molecule has 1 aromatic heterocycles.